The smallest absolute Gasteiger partial charge is 0.372 e. The van der Waals surface area contributed by atoms with Crippen LogP contribution in [0.25, 0.3) is 0 Å². The number of halogens is 4. The van der Waals surface area contributed by atoms with E-state index in [0.717, 1.165) is 24.1 Å². The Morgan fingerprint density at radius 2 is 1.97 bits per heavy atom. The van der Waals surface area contributed by atoms with E-state index in [0.29, 0.717) is 19.4 Å². The number of alkyl halides is 4. The highest BCUT2D eigenvalue weighted by Crippen LogP contribution is 2.35. The molecule has 1 unspecified atom stereocenters. The lowest BCUT2D eigenvalue weighted by Crippen LogP contribution is -2.57. The molecule has 180 valence electrons. The number of ether oxygens (including phenoxy) is 1. The Hall–Kier alpha value is -2.45. The van der Waals surface area contributed by atoms with Crippen molar-refractivity contribution in [1.29, 1.82) is 0 Å². The molecule has 3 atom stereocenters. The zero-order valence-electron chi connectivity index (χ0n) is 18.8. The molecule has 0 spiro atoms. The van der Waals surface area contributed by atoms with E-state index < -0.39 is 30.1 Å². The summed E-state index contributed by atoms with van der Waals surface area (Å²) in [4.78, 5) is 11.8. The second kappa shape index (κ2) is 10.7. The van der Waals surface area contributed by atoms with E-state index in [9.17, 15) is 22.4 Å². The van der Waals surface area contributed by atoms with Gasteiger partial charge in [0, 0.05) is 19.0 Å². The van der Waals surface area contributed by atoms with Crippen molar-refractivity contribution in [2.45, 2.75) is 63.6 Å². The van der Waals surface area contributed by atoms with E-state index >= 15 is 0 Å². The minimum absolute atomic E-state index is 0.00212. The topological polar surface area (TPSA) is 50.4 Å². The predicted octanol–water partition coefficient (Wildman–Crippen LogP) is 5.43. The van der Waals surface area contributed by atoms with Crippen molar-refractivity contribution in [2.24, 2.45) is 0 Å². The number of carbonyl (C=O) groups is 1. The monoisotopic (exact) mass is 466 g/mol. The van der Waals surface area contributed by atoms with Crippen molar-refractivity contribution in [3.8, 4) is 0 Å². The Labute approximate surface area is 191 Å². The molecule has 2 aromatic carbocycles. The van der Waals surface area contributed by atoms with Gasteiger partial charge in [-0.1, -0.05) is 43.3 Å². The molecule has 2 aromatic rings. The fourth-order valence-corrected chi connectivity index (χ4v) is 4.15. The molecule has 4 nitrogen and oxygen atoms in total. The van der Waals surface area contributed by atoms with Gasteiger partial charge in [0.2, 0.25) is 5.91 Å². The van der Waals surface area contributed by atoms with Gasteiger partial charge in [0.15, 0.2) is 0 Å². The van der Waals surface area contributed by atoms with Gasteiger partial charge in [-0.3, -0.25) is 4.79 Å². The van der Waals surface area contributed by atoms with Crippen LogP contribution in [0, 0.1) is 0 Å². The van der Waals surface area contributed by atoms with E-state index in [1.165, 1.54) is 6.07 Å². The minimum atomic E-state index is -4.56. The van der Waals surface area contributed by atoms with E-state index in [4.69, 9.17) is 4.74 Å². The number of amides is 1. The van der Waals surface area contributed by atoms with Crippen molar-refractivity contribution < 1.29 is 27.1 Å². The van der Waals surface area contributed by atoms with Gasteiger partial charge in [0.1, 0.15) is 6.67 Å². The summed E-state index contributed by atoms with van der Waals surface area (Å²) < 4.78 is 59.1. The van der Waals surface area contributed by atoms with Gasteiger partial charge in [0.05, 0.1) is 23.8 Å². The average molecular weight is 467 g/mol. The lowest BCUT2D eigenvalue weighted by atomic mass is 9.81. The van der Waals surface area contributed by atoms with Crippen LogP contribution in [0.2, 0.25) is 0 Å². The quantitative estimate of drug-likeness (QED) is 0.511. The second-order valence-electron chi connectivity index (χ2n) is 8.53. The van der Waals surface area contributed by atoms with Gasteiger partial charge in [0.25, 0.3) is 0 Å². The molecule has 3 rings (SSSR count). The van der Waals surface area contributed by atoms with Crippen LogP contribution in [0.3, 0.4) is 0 Å². The summed E-state index contributed by atoms with van der Waals surface area (Å²) in [6.45, 7) is 3.26. The van der Waals surface area contributed by atoms with Crippen LogP contribution in [-0.4, -0.2) is 25.1 Å². The number of carbonyl (C=O) groups excluding carboxylic acids is 1. The molecule has 0 bridgehead atoms. The SMILES string of the molecule is CCC(=O)NC1CC[C@@](CO[C@H](C)c2cc(CF)cc(C(F)(F)F)c2)(c2ccccc2)NC1. The molecule has 1 heterocycles. The molecular weight excluding hydrogens is 436 g/mol. The average Bonchev–Trinajstić information content (AvgIpc) is 2.83. The summed E-state index contributed by atoms with van der Waals surface area (Å²) in [5.74, 6) is -0.00732. The van der Waals surface area contributed by atoms with Crippen LogP contribution in [0.1, 0.15) is 61.5 Å². The van der Waals surface area contributed by atoms with Gasteiger partial charge >= 0.3 is 6.18 Å². The molecule has 1 amide bonds. The fraction of sp³-hybridized carbons (Fsp3) is 0.480. The number of hydrogen-bond acceptors (Lipinski definition) is 3. The Bertz CT molecular complexity index is 926. The highest BCUT2D eigenvalue weighted by Gasteiger charge is 2.38. The van der Waals surface area contributed by atoms with Crippen LogP contribution in [0.5, 0.6) is 0 Å². The number of hydrogen-bond donors (Lipinski definition) is 2. The summed E-state index contributed by atoms with van der Waals surface area (Å²) >= 11 is 0. The molecule has 33 heavy (non-hydrogen) atoms. The molecule has 2 N–H and O–H groups in total. The number of piperidine rings is 1. The van der Waals surface area contributed by atoms with Crippen LogP contribution < -0.4 is 10.6 Å². The molecule has 1 aliphatic heterocycles. The van der Waals surface area contributed by atoms with Crippen LogP contribution in [0.15, 0.2) is 48.5 Å². The third-order valence-electron chi connectivity index (χ3n) is 6.16. The first kappa shape index (κ1) is 25.2. The van der Waals surface area contributed by atoms with Gasteiger partial charge in [-0.15, -0.1) is 0 Å². The van der Waals surface area contributed by atoms with Crippen LogP contribution >= 0.6 is 0 Å². The zero-order valence-corrected chi connectivity index (χ0v) is 18.8. The number of benzene rings is 2. The zero-order chi connectivity index (χ0) is 24.1. The van der Waals surface area contributed by atoms with Gasteiger partial charge in [-0.25, -0.2) is 4.39 Å². The number of nitrogens with one attached hydrogen (secondary N) is 2. The van der Waals surface area contributed by atoms with Crippen LogP contribution in [-0.2, 0) is 27.9 Å². The summed E-state index contributed by atoms with van der Waals surface area (Å²) in [7, 11) is 0. The maximum absolute atomic E-state index is 13.3. The largest absolute Gasteiger partial charge is 0.416 e. The van der Waals surface area contributed by atoms with Crippen molar-refractivity contribution in [3.05, 3.63) is 70.8 Å². The van der Waals surface area contributed by atoms with Crippen LogP contribution in [0.4, 0.5) is 17.6 Å². The molecular formula is C25H30F4N2O2. The van der Waals surface area contributed by atoms with Crippen molar-refractivity contribution >= 4 is 5.91 Å². The predicted molar refractivity (Wildman–Crippen MR) is 118 cm³/mol. The first-order valence-corrected chi connectivity index (χ1v) is 11.2. The minimum Gasteiger partial charge on any atom is -0.372 e. The van der Waals surface area contributed by atoms with E-state index in [2.05, 4.69) is 10.6 Å². The lowest BCUT2D eigenvalue weighted by Gasteiger charge is -2.42. The maximum atomic E-state index is 13.3. The molecule has 1 saturated heterocycles. The maximum Gasteiger partial charge on any atom is 0.416 e. The molecule has 8 heteroatoms. The van der Waals surface area contributed by atoms with Crippen molar-refractivity contribution in [2.75, 3.05) is 13.2 Å². The molecule has 0 saturated carbocycles. The van der Waals surface area contributed by atoms with Crippen molar-refractivity contribution in [3.63, 3.8) is 0 Å². The van der Waals surface area contributed by atoms with Gasteiger partial charge in [-0.2, -0.15) is 13.2 Å². The highest BCUT2D eigenvalue weighted by molar-refractivity contribution is 5.75. The highest BCUT2D eigenvalue weighted by atomic mass is 19.4. The summed E-state index contributed by atoms with van der Waals surface area (Å²) in [5, 5.41) is 6.51. The molecule has 1 aliphatic rings. The summed E-state index contributed by atoms with van der Waals surface area (Å²) in [5.41, 5.74) is -0.173. The molecule has 0 radical (unpaired) electrons. The van der Waals surface area contributed by atoms with Gasteiger partial charge in [-0.05, 0) is 48.6 Å². The Morgan fingerprint density at radius 1 is 1.24 bits per heavy atom. The fourth-order valence-electron chi connectivity index (χ4n) is 4.15. The summed E-state index contributed by atoms with van der Waals surface area (Å²) in [6, 6.07) is 13.0. The third kappa shape index (κ3) is 6.32. The Kier molecular flexibility index (Phi) is 8.13. The van der Waals surface area contributed by atoms with E-state index in [-0.39, 0.29) is 29.7 Å². The first-order valence-electron chi connectivity index (χ1n) is 11.2. The lowest BCUT2D eigenvalue weighted by molar-refractivity contribution is -0.137. The first-order chi connectivity index (χ1) is 15.7. The van der Waals surface area contributed by atoms with E-state index in [1.807, 2.05) is 30.3 Å². The standard InChI is InChI=1S/C25H30F4N2O2/c1-3-23(32)31-22-9-10-24(30-15-22,20-7-5-4-6-8-20)16-33-17(2)19-11-18(14-26)12-21(13-19)25(27,28)29/h4-8,11-13,17,22,30H,3,9-10,14-16H2,1-2H3,(H,31,32)/t17-,22?,24-/m1/s1. The Morgan fingerprint density at radius 3 is 2.55 bits per heavy atom. The molecule has 0 aliphatic carbocycles. The van der Waals surface area contributed by atoms with E-state index in [1.54, 1.807) is 13.8 Å². The number of rotatable bonds is 8. The second-order valence-corrected chi connectivity index (χ2v) is 8.53. The Balaban J connectivity index is 1.78. The molecule has 0 aromatic heterocycles. The normalized spacial score (nSPS) is 22.1. The summed E-state index contributed by atoms with van der Waals surface area (Å²) in [6.07, 6.45) is -3.40. The molecule has 1 fully saturated rings. The van der Waals surface area contributed by atoms with Gasteiger partial charge < -0.3 is 15.4 Å². The van der Waals surface area contributed by atoms with Crippen molar-refractivity contribution in [1.82, 2.24) is 10.6 Å². The third-order valence-corrected chi connectivity index (χ3v) is 6.16.